The van der Waals surface area contributed by atoms with Gasteiger partial charge in [-0.3, -0.25) is 4.79 Å². The lowest BCUT2D eigenvalue weighted by atomic mass is 9.85. The van der Waals surface area contributed by atoms with E-state index in [0.717, 1.165) is 11.4 Å². The lowest BCUT2D eigenvalue weighted by Gasteiger charge is -2.38. The molecule has 0 aliphatic carbocycles. The molecule has 3 heterocycles. The van der Waals surface area contributed by atoms with Crippen molar-refractivity contribution in [2.24, 2.45) is 11.8 Å². The molecule has 3 rings (SSSR count). The number of nitrogens with zero attached hydrogens (tertiary/aromatic N) is 2. The van der Waals surface area contributed by atoms with Crippen molar-refractivity contribution < 1.29 is 29.6 Å². The van der Waals surface area contributed by atoms with Crippen LogP contribution in [0.2, 0.25) is 0 Å². The number of carbonyl (C=O) groups is 1. The quantitative estimate of drug-likeness (QED) is 0.296. The van der Waals surface area contributed by atoms with Gasteiger partial charge in [-0.2, -0.15) is 0 Å². The van der Waals surface area contributed by atoms with Crippen molar-refractivity contribution in [3.63, 3.8) is 0 Å². The van der Waals surface area contributed by atoms with E-state index in [4.69, 9.17) is 9.47 Å². The molecule has 0 saturated carbocycles. The van der Waals surface area contributed by atoms with Gasteiger partial charge < -0.3 is 29.7 Å². The molecule has 178 valence electrons. The van der Waals surface area contributed by atoms with Crippen molar-refractivity contribution >= 4 is 11.6 Å². The van der Waals surface area contributed by atoms with Gasteiger partial charge in [0.15, 0.2) is 5.78 Å². The Labute approximate surface area is 189 Å². The molecule has 0 amide bonds. The van der Waals surface area contributed by atoms with E-state index < -0.39 is 24.4 Å². The van der Waals surface area contributed by atoms with Crippen molar-refractivity contribution in [2.75, 3.05) is 25.6 Å². The van der Waals surface area contributed by atoms with Crippen molar-refractivity contribution in [1.82, 2.24) is 4.98 Å². The summed E-state index contributed by atoms with van der Waals surface area (Å²) < 4.78 is 11.5. The average Bonchev–Trinajstić information content (AvgIpc) is 3.51. The molecule has 0 radical (unpaired) electrons. The molecule has 8 atom stereocenters. The fourth-order valence-corrected chi connectivity index (χ4v) is 4.19. The van der Waals surface area contributed by atoms with Crippen LogP contribution in [-0.2, 0) is 9.47 Å². The van der Waals surface area contributed by atoms with Crippen LogP contribution in [0.3, 0.4) is 0 Å². The summed E-state index contributed by atoms with van der Waals surface area (Å²) in [4.78, 5) is 18.6. The Morgan fingerprint density at radius 3 is 2.56 bits per heavy atom. The summed E-state index contributed by atoms with van der Waals surface area (Å²) in [5.41, 5.74) is 1.25. The van der Waals surface area contributed by atoms with Crippen LogP contribution >= 0.6 is 0 Å². The Kier molecular flexibility index (Phi) is 8.06. The number of aliphatic hydroxyl groups is 3. The number of rotatable bonds is 9. The standard InChI is InChI=1S/C24H36N2O6/c1-13(8-18(28)16-6-7-21(25-11-16)26(4)5)9-19-23(30)22(29)17(12-31-19)10-20-24(32-20)14(2)15(3)27/h6-8,11,14-15,17,19-20,22-24,27,29-30H,9-10,12H2,1-5H3/b13-8+/t14-,15-,17-,19-,20-,22+,23-,24-/m0/s1. The molecule has 0 aromatic carbocycles. The first-order chi connectivity index (χ1) is 15.1. The number of ether oxygens (including phenoxy) is 2. The maximum atomic E-state index is 12.5. The van der Waals surface area contributed by atoms with Gasteiger partial charge in [-0.15, -0.1) is 0 Å². The van der Waals surface area contributed by atoms with Crippen LogP contribution in [-0.4, -0.2) is 83.4 Å². The van der Waals surface area contributed by atoms with Gasteiger partial charge >= 0.3 is 0 Å². The summed E-state index contributed by atoms with van der Waals surface area (Å²) in [6, 6.07) is 3.53. The molecule has 32 heavy (non-hydrogen) atoms. The average molecular weight is 449 g/mol. The summed E-state index contributed by atoms with van der Waals surface area (Å²) in [5.74, 6) is 0.407. The van der Waals surface area contributed by atoms with E-state index in [2.05, 4.69) is 4.98 Å². The Morgan fingerprint density at radius 2 is 1.97 bits per heavy atom. The van der Waals surface area contributed by atoms with E-state index in [-0.39, 0.29) is 29.8 Å². The first-order valence-electron chi connectivity index (χ1n) is 11.2. The number of hydrogen-bond donors (Lipinski definition) is 3. The third-order valence-electron chi connectivity index (χ3n) is 6.57. The van der Waals surface area contributed by atoms with Gasteiger partial charge in [0, 0.05) is 37.7 Å². The molecule has 8 heteroatoms. The van der Waals surface area contributed by atoms with Gasteiger partial charge in [0.2, 0.25) is 0 Å². The molecule has 8 nitrogen and oxygen atoms in total. The number of epoxide rings is 1. The van der Waals surface area contributed by atoms with Gasteiger partial charge in [-0.25, -0.2) is 4.98 Å². The zero-order chi connectivity index (χ0) is 23.6. The fraction of sp³-hybridized carbons (Fsp3) is 0.667. The highest BCUT2D eigenvalue weighted by Crippen LogP contribution is 2.38. The lowest BCUT2D eigenvalue weighted by molar-refractivity contribution is -0.165. The molecule has 0 bridgehead atoms. The largest absolute Gasteiger partial charge is 0.393 e. The van der Waals surface area contributed by atoms with E-state index in [9.17, 15) is 20.1 Å². The predicted octanol–water partition coefficient (Wildman–Crippen LogP) is 1.58. The number of ketones is 1. The lowest BCUT2D eigenvalue weighted by Crippen LogP contribution is -2.50. The van der Waals surface area contributed by atoms with E-state index in [0.29, 0.717) is 25.0 Å². The summed E-state index contributed by atoms with van der Waals surface area (Å²) in [6.45, 7) is 5.81. The minimum atomic E-state index is -1.04. The molecule has 0 spiro atoms. The Bertz CT molecular complexity index is 809. The molecule has 2 aliphatic heterocycles. The van der Waals surface area contributed by atoms with Crippen molar-refractivity contribution in [1.29, 1.82) is 0 Å². The normalized spacial score (nSPS) is 32.3. The first kappa shape index (κ1) is 24.8. The van der Waals surface area contributed by atoms with Crippen LogP contribution in [0.5, 0.6) is 0 Å². The summed E-state index contributed by atoms with van der Waals surface area (Å²) in [6.07, 6.45) is 0.962. The fourth-order valence-electron chi connectivity index (χ4n) is 4.19. The van der Waals surface area contributed by atoms with Crippen LogP contribution in [0.1, 0.15) is 44.0 Å². The summed E-state index contributed by atoms with van der Waals surface area (Å²) >= 11 is 0. The van der Waals surface area contributed by atoms with Crippen LogP contribution < -0.4 is 4.90 Å². The van der Waals surface area contributed by atoms with Crippen LogP contribution in [0, 0.1) is 11.8 Å². The number of carbonyl (C=O) groups excluding carboxylic acids is 1. The monoisotopic (exact) mass is 448 g/mol. The highest BCUT2D eigenvalue weighted by Gasteiger charge is 2.48. The van der Waals surface area contributed by atoms with Gasteiger partial charge in [0.1, 0.15) is 11.9 Å². The van der Waals surface area contributed by atoms with Crippen LogP contribution in [0.4, 0.5) is 5.82 Å². The molecule has 2 fully saturated rings. The molecular formula is C24H36N2O6. The highest BCUT2D eigenvalue weighted by atomic mass is 16.6. The van der Waals surface area contributed by atoms with E-state index >= 15 is 0 Å². The predicted molar refractivity (Wildman–Crippen MR) is 121 cm³/mol. The Morgan fingerprint density at radius 1 is 1.25 bits per heavy atom. The third kappa shape index (κ3) is 5.94. The van der Waals surface area contributed by atoms with Crippen LogP contribution in [0.25, 0.3) is 0 Å². The molecule has 2 aliphatic rings. The van der Waals surface area contributed by atoms with Gasteiger partial charge in [-0.05, 0) is 44.9 Å². The topological polar surface area (TPSA) is 116 Å². The van der Waals surface area contributed by atoms with E-state index in [1.807, 2.05) is 32.8 Å². The summed E-state index contributed by atoms with van der Waals surface area (Å²) in [7, 11) is 3.77. The van der Waals surface area contributed by atoms with Gasteiger partial charge in [-0.1, -0.05) is 12.5 Å². The minimum absolute atomic E-state index is 0.0189. The number of pyridine rings is 1. The van der Waals surface area contributed by atoms with Crippen molar-refractivity contribution in [2.45, 2.75) is 70.2 Å². The number of anilines is 1. The van der Waals surface area contributed by atoms with E-state index in [1.165, 1.54) is 6.08 Å². The second kappa shape index (κ2) is 10.4. The van der Waals surface area contributed by atoms with Gasteiger partial charge in [0.25, 0.3) is 0 Å². The zero-order valence-electron chi connectivity index (χ0n) is 19.5. The third-order valence-corrected chi connectivity index (χ3v) is 6.57. The minimum Gasteiger partial charge on any atom is -0.393 e. The summed E-state index contributed by atoms with van der Waals surface area (Å²) in [5, 5.41) is 30.9. The van der Waals surface area contributed by atoms with Gasteiger partial charge in [0.05, 0.1) is 37.1 Å². The first-order valence-corrected chi connectivity index (χ1v) is 11.2. The number of allylic oxidation sites excluding steroid dienone is 1. The molecular weight excluding hydrogens is 412 g/mol. The Hall–Kier alpha value is -1.84. The number of aromatic nitrogens is 1. The second-order valence-corrected chi connectivity index (χ2v) is 9.45. The van der Waals surface area contributed by atoms with Crippen molar-refractivity contribution in [3.8, 4) is 0 Å². The van der Waals surface area contributed by atoms with Crippen LogP contribution in [0.15, 0.2) is 30.0 Å². The van der Waals surface area contributed by atoms with E-state index in [1.54, 1.807) is 25.3 Å². The second-order valence-electron chi connectivity index (χ2n) is 9.45. The molecule has 0 unspecified atom stereocenters. The Balaban J connectivity index is 1.52. The molecule has 2 saturated heterocycles. The van der Waals surface area contributed by atoms with Crippen molar-refractivity contribution in [3.05, 3.63) is 35.5 Å². The maximum Gasteiger partial charge on any atom is 0.187 e. The zero-order valence-corrected chi connectivity index (χ0v) is 19.5. The molecule has 1 aromatic rings. The molecule has 3 N–H and O–H groups in total. The molecule has 1 aromatic heterocycles. The smallest absolute Gasteiger partial charge is 0.187 e. The SMILES string of the molecule is C/C(=C\C(=O)c1ccc(N(C)C)nc1)C[C@@H]1OC[C@H](C[C@@H]2O[C@H]2[C@@H](C)[C@H](C)O)[C@@H](O)[C@H]1O. The number of aliphatic hydroxyl groups excluding tert-OH is 3. The maximum absolute atomic E-state index is 12.5. The highest BCUT2D eigenvalue weighted by molar-refractivity contribution is 6.04. The number of hydrogen-bond acceptors (Lipinski definition) is 8.